The Balaban J connectivity index is 1.62. The van der Waals surface area contributed by atoms with E-state index in [9.17, 15) is 0 Å². The number of ether oxygens (including phenoxy) is 1. The molecule has 0 amide bonds. The predicted molar refractivity (Wildman–Crippen MR) is 136 cm³/mol. The van der Waals surface area contributed by atoms with Crippen LogP contribution in [0.5, 0.6) is 5.75 Å². The smallest absolute Gasteiger partial charge is 0.227 e. The summed E-state index contributed by atoms with van der Waals surface area (Å²) < 4.78 is 7.72. The zero-order valence-electron chi connectivity index (χ0n) is 19.8. The van der Waals surface area contributed by atoms with Gasteiger partial charge in [0.05, 0.1) is 41.5 Å². The minimum atomic E-state index is 0.471. The largest absolute Gasteiger partial charge is 0.494 e. The number of rotatable bonds is 8. The quantitative estimate of drug-likeness (QED) is 0.405. The van der Waals surface area contributed by atoms with E-state index in [1.54, 1.807) is 13.3 Å². The van der Waals surface area contributed by atoms with E-state index in [0.29, 0.717) is 23.1 Å². The van der Waals surface area contributed by atoms with Crippen LogP contribution in [0.15, 0.2) is 36.7 Å². The third kappa shape index (κ3) is 4.67. The van der Waals surface area contributed by atoms with Crippen molar-refractivity contribution in [3.05, 3.63) is 54.0 Å². The second-order valence-electron chi connectivity index (χ2n) is 8.32. The van der Waals surface area contributed by atoms with Crippen molar-refractivity contribution >= 4 is 35.2 Å². The maximum Gasteiger partial charge on any atom is 0.227 e. The normalized spacial score (nSPS) is 11.9. The molecule has 170 valence electrons. The first-order chi connectivity index (χ1) is 15.9. The zero-order chi connectivity index (χ0) is 23.5. The summed E-state index contributed by atoms with van der Waals surface area (Å²) in [5, 5.41) is 3.28. The molecule has 33 heavy (non-hydrogen) atoms. The second kappa shape index (κ2) is 9.32. The number of anilines is 4. The lowest BCUT2D eigenvalue weighted by atomic mass is 10.0. The first kappa shape index (κ1) is 22.3. The molecule has 0 atom stereocenters. The number of nitrogens with zero attached hydrogens (tertiary/aromatic N) is 5. The highest BCUT2D eigenvalue weighted by molar-refractivity contribution is 5.82. The third-order valence-electron chi connectivity index (χ3n) is 5.66. The Labute approximate surface area is 195 Å². The molecule has 0 saturated heterocycles. The van der Waals surface area contributed by atoms with Crippen LogP contribution in [-0.4, -0.2) is 60.8 Å². The molecule has 0 bridgehead atoms. The molecular formula is C25H30N7O+. The van der Waals surface area contributed by atoms with Crippen LogP contribution in [0.3, 0.4) is 0 Å². The van der Waals surface area contributed by atoms with E-state index in [-0.39, 0.29) is 0 Å². The molecule has 0 radical (unpaired) electrons. The Bertz CT molecular complexity index is 1210. The molecule has 1 aliphatic carbocycles. The van der Waals surface area contributed by atoms with Gasteiger partial charge in [-0.2, -0.15) is 0 Å². The topological polar surface area (TPSA) is 84.5 Å². The molecule has 0 aliphatic heterocycles. The van der Waals surface area contributed by atoms with Crippen LogP contribution in [0.4, 0.5) is 23.0 Å². The molecule has 3 N–H and O–H groups in total. The number of allylic oxidation sites excluding steroid dienone is 2. The average molecular weight is 445 g/mol. The minimum absolute atomic E-state index is 0.471. The molecule has 2 aromatic heterocycles. The highest BCUT2D eigenvalue weighted by atomic mass is 16.5. The molecule has 1 aliphatic rings. The van der Waals surface area contributed by atoms with Crippen LogP contribution >= 0.6 is 0 Å². The Morgan fingerprint density at radius 3 is 2.79 bits per heavy atom. The molecule has 0 fully saturated rings. The van der Waals surface area contributed by atoms with Gasteiger partial charge in [-0.15, -0.1) is 0 Å². The molecule has 8 heteroatoms. The summed E-state index contributed by atoms with van der Waals surface area (Å²) in [4.78, 5) is 13.4. The lowest BCUT2D eigenvalue weighted by Gasteiger charge is -2.24. The van der Waals surface area contributed by atoms with Crippen LogP contribution in [-0.2, 0) is 7.05 Å². The standard InChI is InChI=1S/C25H30N7O/c1-30(2)12-13-31(3)23-15-24(33-5)21(14-19(23)26)29-25-27-11-10-20(28-25)18-16-32(4)22-9-7-6-8-17(18)22/h6,8-11,14-16H,12-13,26H2,1-5H3,(H,27,28,29)/q+1. The Morgan fingerprint density at radius 2 is 2.03 bits per heavy atom. The van der Waals surface area contributed by atoms with E-state index >= 15 is 0 Å². The Kier molecular flexibility index (Phi) is 6.31. The van der Waals surface area contributed by atoms with Crippen molar-refractivity contribution in [2.45, 2.75) is 0 Å². The third-order valence-corrected chi connectivity index (χ3v) is 5.66. The number of aryl methyl sites for hydroxylation is 1. The average Bonchev–Trinajstić information content (AvgIpc) is 3.14. The second-order valence-corrected chi connectivity index (χ2v) is 8.32. The van der Waals surface area contributed by atoms with Crippen LogP contribution < -0.4 is 20.7 Å². The van der Waals surface area contributed by atoms with Crippen molar-refractivity contribution in [3.8, 4) is 17.0 Å². The van der Waals surface area contributed by atoms with Gasteiger partial charge in [-0.05, 0) is 26.2 Å². The van der Waals surface area contributed by atoms with Crippen molar-refractivity contribution in [2.75, 3.05) is 57.3 Å². The van der Waals surface area contributed by atoms with Crippen molar-refractivity contribution in [1.82, 2.24) is 19.4 Å². The van der Waals surface area contributed by atoms with Crippen LogP contribution in [0, 0.1) is 6.08 Å². The van der Waals surface area contributed by atoms with E-state index in [0.717, 1.165) is 41.3 Å². The monoisotopic (exact) mass is 444 g/mol. The van der Waals surface area contributed by atoms with Crippen molar-refractivity contribution in [1.29, 1.82) is 0 Å². The maximum atomic E-state index is 6.39. The van der Waals surface area contributed by atoms with Crippen LogP contribution in [0.1, 0.15) is 11.3 Å². The molecule has 2 heterocycles. The Hall–Kier alpha value is -3.87. The van der Waals surface area contributed by atoms with Gasteiger partial charge in [-0.25, -0.2) is 9.97 Å². The van der Waals surface area contributed by atoms with Gasteiger partial charge in [-0.3, -0.25) is 4.57 Å². The van der Waals surface area contributed by atoms with E-state index in [2.05, 4.69) is 57.1 Å². The number of hydrogen-bond donors (Lipinski definition) is 2. The number of likely N-dealkylation sites (N-methyl/N-ethyl adjacent to an activating group) is 2. The van der Waals surface area contributed by atoms with E-state index < -0.39 is 0 Å². The van der Waals surface area contributed by atoms with Gasteiger partial charge in [0, 0.05) is 51.7 Å². The Morgan fingerprint density at radius 1 is 1.21 bits per heavy atom. The summed E-state index contributed by atoms with van der Waals surface area (Å²) in [6, 6.07) is 5.72. The first-order valence-electron chi connectivity index (χ1n) is 10.8. The number of hydrogen-bond acceptors (Lipinski definition) is 7. The van der Waals surface area contributed by atoms with E-state index in [1.807, 2.05) is 44.4 Å². The highest BCUT2D eigenvalue weighted by Gasteiger charge is 2.22. The summed E-state index contributed by atoms with van der Waals surface area (Å²) in [7, 11) is 9.79. The summed E-state index contributed by atoms with van der Waals surface area (Å²) in [5.74, 6) is 1.14. The first-order valence-corrected chi connectivity index (χ1v) is 10.8. The number of fused-ring (bicyclic) bond motifs is 1. The molecule has 4 rings (SSSR count). The predicted octanol–water partition coefficient (Wildman–Crippen LogP) is 3.66. The lowest BCUT2D eigenvalue weighted by molar-refractivity contribution is 0.413. The molecule has 3 aromatic rings. The SMILES string of the molecule is COc1cc(N(C)CCN(C)C)c(N)cc1Nc1nccc(-c2cn(C)c3c2C=C[C+]=C3)n1. The van der Waals surface area contributed by atoms with E-state index in [1.165, 1.54) is 0 Å². The van der Waals surface area contributed by atoms with Crippen LogP contribution in [0.25, 0.3) is 23.4 Å². The number of nitrogens with two attached hydrogens (primary N) is 1. The van der Waals surface area contributed by atoms with Crippen molar-refractivity contribution < 1.29 is 4.74 Å². The fraction of sp³-hybridized carbons (Fsp3) is 0.280. The summed E-state index contributed by atoms with van der Waals surface area (Å²) in [6.07, 6.45) is 12.9. The maximum absolute atomic E-state index is 6.39. The molecule has 8 nitrogen and oxygen atoms in total. The fourth-order valence-electron chi connectivity index (χ4n) is 3.82. The van der Waals surface area contributed by atoms with Gasteiger partial charge in [0.25, 0.3) is 0 Å². The van der Waals surface area contributed by atoms with Crippen LogP contribution in [0.2, 0.25) is 0 Å². The molecule has 1 aromatic carbocycles. The number of benzene rings is 1. The number of aromatic nitrogens is 3. The minimum Gasteiger partial charge on any atom is -0.494 e. The van der Waals surface area contributed by atoms with E-state index in [4.69, 9.17) is 15.5 Å². The summed E-state index contributed by atoms with van der Waals surface area (Å²) >= 11 is 0. The van der Waals surface area contributed by atoms with Gasteiger partial charge in [0.15, 0.2) is 5.69 Å². The van der Waals surface area contributed by atoms with Gasteiger partial charge >= 0.3 is 0 Å². The molecule has 0 spiro atoms. The van der Waals surface area contributed by atoms with Gasteiger partial charge in [0.1, 0.15) is 23.5 Å². The summed E-state index contributed by atoms with van der Waals surface area (Å²) in [6.45, 7) is 1.77. The fourth-order valence-corrected chi connectivity index (χ4v) is 3.82. The van der Waals surface area contributed by atoms with Gasteiger partial charge < -0.3 is 25.6 Å². The summed E-state index contributed by atoms with van der Waals surface area (Å²) in [5.41, 5.74) is 12.8. The lowest BCUT2D eigenvalue weighted by Crippen LogP contribution is -2.29. The van der Waals surface area contributed by atoms with Gasteiger partial charge in [-0.1, -0.05) is 0 Å². The van der Waals surface area contributed by atoms with Crippen molar-refractivity contribution in [2.24, 2.45) is 7.05 Å². The highest BCUT2D eigenvalue weighted by Crippen LogP contribution is 2.36. The number of nitrogen functional groups attached to an aromatic ring is 1. The molecular weight excluding hydrogens is 414 g/mol. The molecule has 0 saturated carbocycles. The zero-order valence-corrected chi connectivity index (χ0v) is 19.8. The molecule has 0 unspecified atom stereocenters. The van der Waals surface area contributed by atoms with Gasteiger partial charge in [0.2, 0.25) is 5.95 Å². The van der Waals surface area contributed by atoms with Crippen molar-refractivity contribution in [3.63, 3.8) is 0 Å². The number of methoxy groups -OCH3 is 1. The number of nitrogens with one attached hydrogen (secondary N) is 1.